The molecule has 7 nitrogen and oxygen atoms in total. The minimum Gasteiger partial charge on any atom is -0.466 e. The number of carbonyl (C=O) groups excluding carboxylic acids is 2. The number of nitrogens with one attached hydrogen (secondary N) is 2. The summed E-state index contributed by atoms with van der Waals surface area (Å²) in [4.78, 5) is 28.2. The first-order chi connectivity index (χ1) is 17.9. The van der Waals surface area contributed by atoms with E-state index in [1.165, 1.54) is 31.4 Å². The highest BCUT2D eigenvalue weighted by Gasteiger charge is 2.28. The molecule has 196 valence electrons. The van der Waals surface area contributed by atoms with Crippen molar-refractivity contribution in [1.29, 1.82) is 0 Å². The van der Waals surface area contributed by atoms with Gasteiger partial charge < -0.3 is 19.8 Å². The lowest BCUT2D eigenvalue weighted by Gasteiger charge is -2.31. The molecule has 0 aliphatic heterocycles. The number of amides is 1. The van der Waals surface area contributed by atoms with Gasteiger partial charge in [0.15, 0.2) is 0 Å². The number of anilines is 1. The summed E-state index contributed by atoms with van der Waals surface area (Å²) in [6.45, 7) is 4.21. The zero-order valence-electron chi connectivity index (χ0n) is 21.4. The van der Waals surface area contributed by atoms with Crippen molar-refractivity contribution in [2.24, 2.45) is 5.92 Å². The number of halogens is 1. The molecule has 3 aromatic rings. The Morgan fingerprint density at radius 1 is 1.14 bits per heavy atom. The molecule has 1 atom stereocenters. The summed E-state index contributed by atoms with van der Waals surface area (Å²) in [5.74, 6) is 1.00. The summed E-state index contributed by atoms with van der Waals surface area (Å²) in [7, 11) is 0. The molecule has 0 radical (unpaired) electrons. The summed E-state index contributed by atoms with van der Waals surface area (Å²) >= 11 is 0. The summed E-state index contributed by atoms with van der Waals surface area (Å²) in [5, 5.41) is 6.34. The summed E-state index contributed by atoms with van der Waals surface area (Å²) in [5.41, 5.74) is 2.99. The number of hydrogen-bond donors (Lipinski definition) is 2. The quantitative estimate of drug-likeness (QED) is 0.317. The summed E-state index contributed by atoms with van der Waals surface area (Å²) in [6, 6.07) is 11.9. The van der Waals surface area contributed by atoms with E-state index in [1.807, 2.05) is 19.1 Å². The highest BCUT2D eigenvalue weighted by molar-refractivity contribution is 5.92. The second-order valence-electron chi connectivity index (χ2n) is 9.39. The van der Waals surface area contributed by atoms with Crippen LogP contribution in [0.4, 0.5) is 10.1 Å². The minimum atomic E-state index is -0.346. The van der Waals surface area contributed by atoms with Crippen molar-refractivity contribution in [2.45, 2.75) is 58.4 Å². The Morgan fingerprint density at radius 3 is 2.57 bits per heavy atom. The van der Waals surface area contributed by atoms with Gasteiger partial charge in [-0.05, 0) is 75.1 Å². The van der Waals surface area contributed by atoms with Crippen LogP contribution >= 0.6 is 0 Å². The fraction of sp³-hybridized carbons (Fsp3) is 0.414. The monoisotopic (exact) mass is 507 g/mol. The Labute approximate surface area is 216 Å². The maximum absolute atomic E-state index is 13.4. The van der Waals surface area contributed by atoms with Gasteiger partial charge in [-0.3, -0.25) is 9.59 Å². The van der Waals surface area contributed by atoms with E-state index in [2.05, 4.69) is 15.6 Å². The summed E-state index contributed by atoms with van der Waals surface area (Å²) < 4.78 is 24.4. The second kappa shape index (κ2) is 12.5. The second-order valence-corrected chi connectivity index (χ2v) is 9.39. The smallest absolute Gasteiger partial charge is 0.307 e. The van der Waals surface area contributed by atoms with Gasteiger partial charge in [-0.2, -0.15) is 0 Å². The third-order valence-corrected chi connectivity index (χ3v) is 6.78. The van der Waals surface area contributed by atoms with Crippen LogP contribution < -0.4 is 10.6 Å². The van der Waals surface area contributed by atoms with Crippen molar-refractivity contribution >= 4 is 17.6 Å². The number of hydrogen-bond acceptors (Lipinski definition) is 6. The number of aryl methyl sites for hydroxylation is 1. The molecule has 1 aliphatic carbocycles. The number of furan rings is 1. The molecular formula is C29H34FN3O4. The summed E-state index contributed by atoms with van der Waals surface area (Å²) in [6.07, 6.45) is 7.63. The van der Waals surface area contributed by atoms with Crippen LogP contribution in [-0.4, -0.2) is 30.0 Å². The first kappa shape index (κ1) is 26.4. The van der Waals surface area contributed by atoms with Gasteiger partial charge in [-0.15, -0.1) is 0 Å². The number of aromatic nitrogens is 1. The van der Waals surface area contributed by atoms with Crippen LogP contribution in [0.15, 0.2) is 53.1 Å². The van der Waals surface area contributed by atoms with Crippen LogP contribution in [0.2, 0.25) is 0 Å². The standard InChI is InChI=1S/C29H34FN3O4/c1-3-36-27(34)15-16-31-29(35)25-14-13-23(18-32-25)33-28(21-7-5-4-6-8-21)24-17-26(37-19(24)2)20-9-11-22(30)12-10-20/h9-14,17-18,21,28,33H,3-8,15-16H2,1-2H3,(H,31,35). The predicted octanol–water partition coefficient (Wildman–Crippen LogP) is 6.21. The molecule has 2 heterocycles. The van der Waals surface area contributed by atoms with E-state index in [0.717, 1.165) is 35.4 Å². The van der Waals surface area contributed by atoms with Gasteiger partial charge in [0, 0.05) is 17.7 Å². The molecule has 1 amide bonds. The molecule has 4 rings (SSSR count). The van der Waals surface area contributed by atoms with Gasteiger partial charge in [0.1, 0.15) is 23.0 Å². The van der Waals surface area contributed by atoms with Crippen molar-refractivity contribution in [2.75, 3.05) is 18.5 Å². The number of pyridine rings is 1. The fourth-order valence-electron chi connectivity index (χ4n) is 4.87. The third-order valence-electron chi connectivity index (χ3n) is 6.78. The van der Waals surface area contributed by atoms with E-state index in [-0.39, 0.29) is 42.4 Å². The molecule has 8 heteroatoms. The molecular weight excluding hydrogens is 473 g/mol. The SMILES string of the molecule is CCOC(=O)CCNC(=O)c1ccc(NC(c2cc(-c3ccc(F)cc3)oc2C)C2CCCCC2)cn1. The molecule has 1 aromatic carbocycles. The maximum Gasteiger partial charge on any atom is 0.307 e. The van der Waals surface area contributed by atoms with E-state index in [4.69, 9.17) is 9.15 Å². The van der Waals surface area contributed by atoms with E-state index >= 15 is 0 Å². The van der Waals surface area contributed by atoms with Crippen molar-refractivity contribution in [3.8, 4) is 11.3 Å². The van der Waals surface area contributed by atoms with Crippen LogP contribution in [0, 0.1) is 18.7 Å². The van der Waals surface area contributed by atoms with Gasteiger partial charge in [0.05, 0.1) is 31.0 Å². The Hall–Kier alpha value is -3.68. The van der Waals surface area contributed by atoms with Crippen LogP contribution in [0.1, 0.15) is 73.3 Å². The molecule has 1 unspecified atom stereocenters. The van der Waals surface area contributed by atoms with Gasteiger partial charge >= 0.3 is 5.97 Å². The Bertz CT molecular complexity index is 1180. The third kappa shape index (κ3) is 6.96. The number of nitrogens with zero attached hydrogens (tertiary/aromatic N) is 1. The van der Waals surface area contributed by atoms with Crippen molar-refractivity contribution < 1.29 is 23.1 Å². The van der Waals surface area contributed by atoms with Crippen molar-refractivity contribution in [3.63, 3.8) is 0 Å². The van der Waals surface area contributed by atoms with Gasteiger partial charge in [0.2, 0.25) is 0 Å². The fourth-order valence-corrected chi connectivity index (χ4v) is 4.87. The van der Waals surface area contributed by atoms with E-state index in [9.17, 15) is 14.0 Å². The van der Waals surface area contributed by atoms with E-state index in [0.29, 0.717) is 18.3 Å². The predicted molar refractivity (Wildman–Crippen MR) is 140 cm³/mol. The Kier molecular flexibility index (Phi) is 8.93. The number of rotatable bonds is 10. The van der Waals surface area contributed by atoms with Crippen LogP contribution in [0.5, 0.6) is 0 Å². The molecule has 0 spiro atoms. The largest absolute Gasteiger partial charge is 0.466 e. The van der Waals surface area contributed by atoms with Crippen molar-refractivity contribution in [3.05, 3.63) is 71.5 Å². The van der Waals surface area contributed by atoms with E-state index in [1.54, 1.807) is 31.3 Å². The van der Waals surface area contributed by atoms with Crippen LogP contribution in [0.3, 0.4) is 0 Å². The van der Waals surface area contributed by atoms with Gasteiger partial charge in [0.25, 0.3) is 5.91 Å². The van der Waals surface area contributed by atoms with Crippen LogP contribution in [-0.2, 0) is 9.53 Å². The maximum atomic E-state index is 13.4. The average molecular weight is 508 g/mol. The molecule has 0 bridgehead atoms. The zero-order valence-corrected chi connectivity index (χ0v) is 21.4. The Morgan fingerprint density at radius 2 is 1.89 bits per heavy atom. The molecule has 1 fully saturated rings. The molecule has 2 aromatic heterocycles. The van der Waals surface area contributed by atoms with E-state index < -0.39 is 0 Å². The Balaban J connectivity index is 1.48. The topological polar surface area (TPSA) is 93.5 Å². The zero-order chi connectivity index (χ0) is 26.2. The lowest BCUT2D eigenvalue weighted by molar-refractivity contribution is -0.142. The highest BCUT2D eigenvalue weighted by atomic mass is 19.1. The number of carbonyl (C=O) groups is 2. The lowest BCUT2D eigenvalue weighted by Crippen LogP contribution is -2.27. The first-order valence-corrected chi connectivity index (χ1v) is 13.0. The minimum absolute atomic E-state index is 0.0179. The number of ether oxygens (including phenoxy) is 1. The average Bonchev–Trinajstić information content (AvgIpc) is 3.29. The first-order valence-electron chi connectivity index (χ1n) is 13.0. The molecule has 2 N–H and O–H groups in total. The number of benzene rings is 1. The molecule has 37 heavy (non-hydrogen) atoms. The molecule has 0 saturated heterocycles. The van der Waals surface area contributed by atoms with Crippen LogP contribution in [0.25, 0.3) is 11.3 Å². The molecule has 1 saturated carbocycles. The lowest BCUT2D eigenvalue weighted by atomic mass is 9.81. The molecule has 1 aliphatic rings. The number of esters is 1. The highest BCUT2D eigenvalue weighted by Crippen LogP contribution is 2.40. The normalized spacial score (nSPS) is 14.7. The van der Waals surface area contributed by atoms with Gasteiger partial charge in [-0.25, -0.2) is 9.37 Å². The van der Waals surface area contributed by atoms with Gasteiger partial charge in [-0.1, -0.05) is 19.3 Å². The van der Waals surface area contributed by atoms with Crippen molar-refractivity contribution in [1.82, 2.24) is 10.3 Å².